The summed E-state index contributed by atoms with van der Waals surface area (Å²) in [6.07, 6.45) is 5.69. The van der Waals surface area contributed by atoms with Crippen LogP contribution in [-0.2, 0) is 19.5 Å². The molecule has 188 valence electrons. The molecule has 0 atom stereocenters. The van der Waals surface area contributed by atoms with Crippen LogP contribution in [-0.4, -0.2) is 41.1 Å². The lowest BCUT2D eigenvalue weighted by molar-refractivity contribution is 0.0945. The monoisotopic (exact) mass is 502 g/mol. The first-order chi connectivity index (χ1) is 17.9. The zero-order chi connectivity index (χ0) is 25.8. The zero-order valence-electron chi connectivity index (χ0n) is 20.1. The number of fused-ring (bicyclic) bond motifs is 1. The SMILES string of the molecule is Cc1ccc(CNC(=O)c2cn(CCCCc3cc4cc(-c5ccc(F)cc5F)[nH]c4nn3)nn2)cn1. The third kappa shape index (κ3) is 5.83. The van der Waals surface area contributed by atoms with Gasteiger partial charge < -0.3 is 10.3 Å². The summed E-state index contributed by atoms with van der Waals surface area (Å²) in [5.74, 6) is -1.56. The number of hydrogen-bond donors (Lipinski definition) is 2. The summed E-state index contributed by atoms with van der Waals surface area (Å²) in [6.45, 7) is 2.88. The number of amides is 1. The van der Waals surface area contributed by atoms with Crippen molar-refractivity contribution in [1.82, 2.24) is 40.5 Å². The number of H-pyrrole nitrogens is 1. The Morgan fingerprint density at radius 1 is 1.05 bits per heavy atom. The smallest absolute Gasteiger partial charge is 0.273 e. The van der Waals surface area contributed by atoms with Gasteiger partial charge in [0.2, 0.25) is 0 Å². The Balaban J connectivity index is 1.11. The third-order valence-electron chi connectivity index (χ3n) is 5.92. The number of unbranched alkanes of at least 4 members (excludes halogenated alkanes) is 1. The molecule has 1 amide bonds. The predicted octanol–water partition coefficient (Wildman–Crippen LogP) is 4.15. The Morgan fingerprint density at radius 2 is 1.95 bits per heavy atom. The topological polar surface area (TPSA) is 114 Å². The maximum Gasteiger partial charge on any atom is 0.273 e. The summed E-state index contributed by atoms with van der Waals surface area (Å²) in [5, 5.41) is 20.1. The van der Waals surface area contributed by atoms with E-state index in [1.165, 1.54) is 12.1 Å². The highest BCUT2D eigenvalue weighted by Crippen LogP contribution is 2.26. The minimum Gasteiger partial charge on any atom is -0.346 e. The van der Waals surface area contributed by atoms with E-state index in [2.05, 4.69) is 35.8 Å². The lowest BCUT2D eigenvalue weighted by atomic mass is 10.1. The molecular weight excluding hydrogens is 478 g/mol. The molecule has 5 rings (SSSR count). The fourth-order valence-corrected chi connectivity index (χ4v) is 3.92. The van der Waals surface area contributed by atoms with Crippen LogP contribution in [0.2, 0.25) is 0 Å². The van der Waals surface area contributed by atoms with Crippen LogP contribution < -0.4 is 5.32 Å². The van der Waals surface area contributed by atoms with Crippen molar-refractivity contribution in [3.63, 3.8) is 0 Å². The molecule has 9 nitrogen and oxygen atoms in total. The number of hydrogen-bond acceptors (Lipinski definition) is 6. The maximum absolute atomic E-state index is 14.1. The molecule has 0 aliphatic rings. The molecule has 0 radical (unpaired) electrons. The molecule has 0 fully saturated rings. The summed E-state index contributed by atoms with van der Waals surface area (Å²) in [5.41, 5.74) is 4.22. The van der Waals surface area contributed by atoms with Crippen LogP contribution in [0.5, 0.6) is 0 Å². The number of aromatic amines is 1. The van der Waals surface area contributed by atoms with Gasteiger partial charge >= 0.3 is 0 Å². The molecule has 2 N–H and O–H groups in total. The highest BCUT2D eigenvalue weighted by Gasteiger charge is 2.12. The van der Waals surface area contributed by atoms with E-state index in [1.807, 2.05) is 25.1 Å². The molecule has 0 aliphatic heterocycles. The summed E-state index contributed by atoms with van der Waals surface area (Å²) in [6, 6.07) is 11.0. The van der Waals surface area contributed by atoms with Gasteiger partial charge in [-0.2, -0.15) is 5.10 Å². The molecule has 5 aromatic rings. The van der Waals surface area contributed by atoms with Gasteiger partial charge in [0.1, 0.15) is 11.6 Å². The lowest BCUT2D eigenvalue weighted by Gasteiger charge is -2.03. The number of aryl methyl sites for hydroxylation is 3. The Bertz CT molecular complexity index is 1540. The van der Waals surface area contributed by atoms with Gasteiger partial charge in [-0.15, -0.1) is 10.2 Å². The standard InChI is InChI=1S/C26H24F2N8O/c1-16-5-6-17(13-29-16)14-30-26(37)24-15-36(35-33-24)9-3-2-4-20-10-18-11-23(31-25(18)34-32-20)21-8-7-19(27)12-22(21)28/h5-8,10-13,15H,2-4,9,14H2,1H3,(H,30,37)(H,31,34). The molecule has 0 bridgehead atoms. The second kappa shape index (κ2) is 10.6. The van der Waals surface area contributed by atoms with Gasteiger partial charge in [-0.25, -0.2) is 8.78 Å². The average Bonchev–Trinajstić information content (AvgIpc) is 3.53. The Labute approximate surface area is 211 Å². The van der Waals surface area contributed by atoms with Crippen molar-refractivity contribution in [2.45, 2.75) is 39.3 Å². The van der Waals surface area contributed by atoms with Crippen molar-refractivity contribution in [2.75, 3.05) is 0 Å². The van der Waals surface area contributed by atoms with E-state index in [0.717, 1.165) is 41.2 Å². The van der Waals surface area contributed by atoms with Crippen LogP contribution in [0, 0.1) is 18.6 Å². The summed E-state index contributed by atoms with van der Waals surface area (Å²) >= 11 is 0. The first-order valence-electron chi connectivity index (χ1n) is 11.9. The quantitative estimate of drug-likeness (QED) is 0.293. The van der Waals surface area contributed by atoms with E-state index >= 15 is 0 Å². The number of nitrogens with zero attached hydrogens (tertiary/aromatic N) is 6. The van der Waals surface area contributed by atoms with Crippen LogP contribution in [0.3, 0.4) is 0 Å². The first kappa shape index (κ1) is 24.2. The first-order valence-corrected chi connectivity index (χ1v) is 11.9. The molecule has 0 unspecified atom stereocenters. The lowest BCUT2D eigenvalue weighted by Crippen LogP contribution is -2.23. The zero-order valence-corrected chi connectivity index (χ0v) is 20.1. The van der Waals surface area contributed by atoms with Crippen LogP contribution in [0.25, 0.3) is 22.3 Å². The number of carbonyl (C=O) groups excluding carboxylic acids is 1. The fourth-order valence-electron chi connectivity index (χ4n) is 3.92. The number of nitrogens with one attached hydrogen (secondary N) is 2. The third-order valence-corrected chi connectivity index (χ3v) is 5.92. The van der Waals surface area contributed by atoms with E-state index in [0.29, 0.717) is 30.9 Å². The molecule has 11 heteroatoms. The number of pyridine rings is 1. The van der Waals surface area contributed by atoms with Crippen molar-refractivity contribution in [1.29, 1.82) is 0 Å². The minimum absolute atomic E-state index is 0.261. The predicted molar refractivity (Wildman–Crippen MR) is 132 cm³/mol. The largest absolute Gasteiger partial charge is 0.346 e. The molecule has 1 aromatic carbocycles. The van der Waals surface area contributed by atoms with E-state index < -0.39 is 11.6 Å². The van der Waals surface area contributed by atoms with Crippen molar-refractivity contribution in [3.05, 3.63) is 89.1 Å². The highest BCUT2D eigenvalue weighted by atomic mass is 19.1. The highest BCUT2D eigenvalue weighted by molar-refractivity contribution is 5.91. The molecule has 37 heavy (non-hydrogen) atoms. The summed E-state index contributed by atoms with van der Waals surface area (Å²) in [7, 11) is 0. The van der Waals surface area contributed by atoms with Crippen LogP contribution >= 0.6 is 0 Å². The van der Waals surface area contributed by atoms with Crippen LogP contribution in [0.15, 0.2) is 54.9 Å². The number of carbonyl (C=O) groups is 1. The van der Waals surface area contributed by atoms with Gasteiger partial charge in [0, 0.05) is 42.0 Å². The van der Waals surface area contributed by atoms with Crippen molar-refractivity contribution >= 4 is 16.9 Å². The second-order valence-electron chi connectivity index (χ2n) is 8.76. The fraction of sp³-hybridized carbons (Fsp3) is 0.231. The van der Waals surface area contributed by atoms with Gasteiger partial charge in [-0.1, -0.05) is 11.3 Å². The van der Waals surface area contributed by atoms with E-state index in [4.69, 9.17) is 0 Å². The molecule has 4 heterocycles. The van der Waals surface area contributed by atoms with E-state index in [1.54, 1.807) is 23.1 Å². The molecule has 0 saturated heterocycles. The number of benzene rings is 1. The molecule has 4 aromatic heterocycles. The van der Waals surface area contributed by atoms with Crippen molar-refractivity contribution in [2.24, 2.45) is 0 Å². The molecule has 0 saturated carbocycles. The van der Waals surface area contributed by atoms with Gasteiger partial charge in [-0.3, -0.25) is 14.5 Å². The minimum atomic E-state index is -0.642. The van der Waals surface area contributed by atoms with Gasteiger partial charge in [0.15, 0.2) is 11.3 Å². The Morgan fingerprint density at radius 3 is 2.76 bits per heavy atom. The Kier molecular flexibility index (Phi) is 6.93. The molecular formula is C26H24F2N8O. The molecule has 0 spiro atoms. The van der Waals surface area contributed by atoms with Crippen LogP contribution in [0.4, 0.5) is 8.78 Å². The Hall–Kier alpha value is -4.54. The van der Waals surface area contributed by atoms with E-state index in [-0.39, 0.29) is 17.2 Å². The van der Waals surface area contributed by atoms with Crippen molar-refractivity contribution < 1.29 is 13.6 Å². The average molecular weight is 503 g/mol. The number of rotatable bonds is 9. The van der Waals surface area contributed by atoms with Gasteiger partial charge in [0.25, 0.3) is 5.91 Å². The van der Waals surface area contributed by atoms with Gasteiger partial charge in [0.05, 0.1) is 17.6 Å². The summed E-state index contributed by atoms with van der Waals surface area (Å²) in [4.78, 5) is 19.6. The van der Waals surface area contributed by atoms with E-state index in [9.17, 15) is 13.6 Å². The van der Waals surface area contributed by atoms with Gasteiger partial charge in [-0.05, 0) is 62.1 Å². The van der Waals surface area contributed by atoms with Crippen molar-refractivity contribution in [3.8, 4) is 11.3 Å². The summed E-state index contributed by atoms with van der Waals surface area (Å²) < 4.78 is 29.0. The maximum atomic E-state index is 14.1. The second-order valence-corrected chi connectivity index (χ2v) is 8.76. The number of aromatic nitrogens is 7. The molecule has 0 aliphatic carbocycles. The normalized spacial score (nSPS) is 11.2. The van der Waals surface area contributed by atoms with Crippen LogP contribution in [0.1, 0.15) is 40.3 Å². The number of halogens is 2.